The van der Waals surface area contributed by atoms with Crippen LogP contribution in [0.5, 0.6) is 0 Å². The molecule has 2 aromatic rings. The molecule has 8 heteroatoms. The van der Waals surface area contributed by atoms with Crippen LogP contribution in [0.4, 0.5) is 5.82 Å². The van der Waals surface area contributed by atoms with Crippen LogP contribution in [0.25, 0.3) is 11.0 Å². The number of carbonyl (C=O) groups excluding carboxylic acids is 1. The molecule has 5 N–H and O–H groups in total. The van der Waals surface area contributed by atoms with Gasteiger partial charge in [0.15, 0.2) is 0 Å². The maximum Gasteiger partial charge on any atom is 0.270 e. The van der Waals surface area contributed by atoms with E-state index in [4.69, 9.17) is 11.6 Å². The number of hydrogen-bond acceptors (Lipinski definition) is 6. The van der Waals surface area contributed by atoms with Crippen LogP contribution in [0.2, 0.25) is 0 Å². The highest BCUT2D eigenvalue weighted by molar-refractivity contribution is 5.98. The van der Waals surface area contributed by atoms with Gasteiger partial charge in [0.1, 0.15) is 28.2 Å². The lowest BCUT2D eigenvalue weighted by Gasteiger charge is -2.12. The van der Waals surface area contributed by atoms with Crippen molar-refractivity contribution in [3.63, 3.8) is 0 Å². The molecule has 106 valence electrons. The van der Waals surface area contributed by atoms with Crippen LogP contribution >= 0.6 is 0 Å². The quantitative estimate of drug-likeness (QED) is 0.401. The molecule has 2 heterocycles. The first kappa shape index (κ1) is 13.9. The van der Waals surface area contributed by atoms with E-state index in [9.17, 15) is 9.59 Å². The molecule has 0 unspecified atom stereocenters. The average Bonchev–Trinajstić information content (AvgIpc) is 2.40. The Balaban J connectivity index is 2.91. The van der Waals surface area contributed by atoms with Crippen LogP contribution in [0.3, 0.4) is 0 Å². The predicted molar refractivity (Wildman–Crippen MR) is 74.9 cm³/mol. The monoisotopic (exact) mass is 276 g/mol. The third-order valence-corrected chi connectivity index (χ3v) is 2.90. The van der Waals surface area contributed by atoms with Crippen molar-refractivity contribution < 1.29 is 4.79 Å². The van der Waals surface area contributed by atoms with Crippen molar-refractivity contribution in [2.75, 3.05) is 5.73 Å². The normalized spacial score (nSPS) is 10.8. The van der Waals surface area contributed by atoms with Gasteiger partial charge in [-0.25, -0.2) is 15.8 Å². The Bertz CT molecular complexity index is 737. The number of nitrogens with zero attached hydrogens (tertiary/aromatic N) is 3. The second-order valence-corrected chi connectivity index (χ2v) is 4.39. The number of hydrogen-bond donors (Lipinski definition) is 3. The van der Waals surface area contributed by atoms with Gasteiger partial charge in [-0.05, 0) is 13.3 Å². The molecule has 0 aliphatic rings. The number of aryl methyl sites for hydroxylation is 2. The Labute approximate surface area is 114 Å². The van der Waals surface area contributed by atoms with Gasteiger partial charge in [-0.15, -0.1) is 0 Å². The molecule has 0 fully saturated rings. The van der Waals surface area contributed by atoms with E-state index in [1.807, 2.05) is 12.3 Å². The molecule has 2 rings (SSSR count). The van der Waals surface area contributed by atoms with E-state index in [1.165, 1.54) is 6.20 Å². The zero-order valence-electron chi connectivity index (χ0n) is 11.3. The van der Waals surface area contributed by atoms with Crippen molar-refractivity contribution in [3.8, 4) is 0 Å². The van der Waals surface area contributed by atoms with Crippen molar-refractivity contribution >= 4 is 22.8 Å². The molecule has 0 saturated carbocycles. The number of hydrazine groups is 1. The number of anilines is 1. The van der Waals surface area contributed by atoms with Crippen LogP contribution in [-0.2, 0) is 6.54 Å². The molecule has 0 spiro atoms. The fourth-order valence-corrected chi connectivity index (χ4v) is 2.07. The first-order chi connectivity index (χ1) is 9.49. The summed E-state index contributed by atoms with van der Waals surface area (Å²) in [6, 6.07) is 0. The van der Waals surface area contributed by atoms with Crippen LogP contribution < -0.4 is 22.4 Å². The van der Waals surface area contributed by atoms with Crippen molar-refractivity contribution in [1.82, 2.24) is 20.0 Å². The summed E-state index contributed by atoms with van der Waals surface area (Å²) in [5.41, 5.74) is 7.59. The lowest BCUT2D eigenvalue weighted by atomic mass is 10.2. The van der Waals surface area contributed by atoms with Crippen molar-refractivity contribution in [2.24, 2.45) is 5.84 Å². The smallest absolute Gasteiger partial charge is 0.270 e. The van der Waals surface area contributed by atoms with E-state index < -0.39 is 11.3 Å². The van der Waals surface area contributed by atoms with E-state index >= 15 is 0 Å². The van der Waals surface area contributed by atoms with E-state index in [-0.39, 0.29) is 16.8 Å². The van der Waals surface area contributed by atoms with E-state index in [1.54, 1.807) is 11.5 Å². The highest BCUT2D eigenvalue weighted by Crippen LogP contribution is 2.15. The number of nitrogen functional groups attached to an aromatic ring is 2. The largest absolute Gasteiger partial charge is 0.383 e. The summed E-state index contributed by atoms with van der Waals surface area (Å²) in [4.78, 5) is 32.2. The third kappa shape index (κ3) is 2.21. The summed E-state index contributed by atoms with van der Waals surface area (Å²) in [6.07, 6.45) is 2.26. The summed E-state index contributed by atoms with van der Waals surface area (Å²) in [5, 5.41) is 0.144. The number of nitrogens with two attached hydrogens (primary N) is 2. The van der Waals surface area contributed by atoms with E-state index in [2.05, 4.69) is 9.97 Å². The molecular formula is C12H16N6O2. The molecule has 0 radical (unpaired) electrons. The minimum absolute atomic E-state index is 0.0639. The molecule has 2 aromatic heterocycles. The number of aromatic nitrogens is 3. The zero-order valence-corrected chi connectivity index (χ0v) is 11.3. The van der Waals surface area contributed by atoms with Crippen molar-refractivity contribution in [1.29, 1.82) is 0 Å². The molecule has 0 aliphatic heterocycles. The maximum atomic E-state index is 12.3. The second-order valence-electron chi connectivity index (χ2n) is 4.39. The first-order valence-corrected chi connectivity index (χ1v) is 6.17. The maximum absolute atomic E-state index is 12.3. The van der Waals surface area contributed by atoms with Gasteiger partial charge in [-0.3, -0.25) is 15.0 Å². The Morgan fingerprint density at radius 1 is 1.45 bits per heavy atom. The molecule has 0 bridgehead atoms. The zero-order chi connectivity index (χ0) is 14.9. The van der Waals surface area contributed by atoms with Crippen molar-refractivity contribution in [2.45, 2.75) is 26.8 Å². The molecular weight excluding hydrogens is 260 g/mol. The first-order valence-electron chi connectivity index (χ1n) is 6.17. The number of amides is 1. The Morgan fingerprint density at radius 2 is 2.15 bits per heavy atom. The molecule has 20 heavy (non-hydrogen) atoms. The molecule has 1 amide bonds. The van der Waals surface area contributed by atoms with Gasteiger partial charge in [0.05, 0.1) is 0 Å². The number of fused-ring (bicyclic) bond motifs is 1. The topological polar surface area (TPSA) is 129 Å². The van der Waals surface area contributed by atoms with Gasteiger partial charge >= 0.3 is 0 Å². The molecule has 8 nitrogen and oxygen atoms in total. The van der Waals surface area contributed by atoms with E-state index in [0.29, 0.717) is 18.0 Å². The minimum Gasteiger partial charge on any atom is -0.383 e. The van der Waals surface area contributed by atoms with Crippen LogP contribution in [0.15, 0.2) is 11.0 Å². The number of rotatable bonds is 3. The second kappa shape index (κ2) is 5.25. The number of carbonyl (C=O) groups is 1. The third-order valence-electron chi connectivity index (χ3n) is 2.90. The summed E-state index contributed by atoms with van der Waals surface area (Å²) in [7, 11) is 0. The predicted octanol–water partition coefficient (Wildman–Crippen LogP) is -0.304. The van der Waals surface area contributed by atoms with Gasteiger partial charge in [0.25, 0.3) is 5.91 Å². The summed E-state index contributed by atoms with van der Waals surface area (Å²) in [5.74, 6) is 4.96. The Kier molecular flexibility index (Phi) is 3.66. The lowest BCUT2D eigenvalue weighted by molar-refractivity contribution is 0.0952. The Morgan fingerprint density at radius 3 is 2.75 bits per heavy atom. The summed E-state index contributed by atoms with van der Waals surface area (Å²) >= 11 is 0. The molecule has 0 aliphatic carbocycles. The van der Waals surface area contributed by atoms with Crippen LogP contribution in [0, 0.1) is 6.92 Å². The van der Waals surface area contributed by atoms with Crippen molar-refractivity contribution in [3.05, 3.63) is 27.8 Å². The SMILES string of the molecule is CCCn1cc(C(=O)NN)c(=O)c2c(N)nc(C)nc21. The van der Waals surface area contributed by atoms with Gasteiger partial charge in [-0.1, -0.05) is 6.92 Å². The highest BCUT2D eigenvalue weighted by Gasteiger charge is 2.18. The molecule has 0 aromatic carbocycles. The lowest BCUT2D eigenvalue weighted by Crippen LogP contribution is -2.35. The average molecular weight is 276 g/mol. The summed E-state index contributed by atoms with van der Waals surface area (Å²) in [6.45, 7) is 4.26. The van der Waals surface area contributed by atoms with Gasteiger partial charge in [0.2, 0.25) is 5.43 Å². The minimum atomic E-state index is -0.665. The highest BCUT2D eigenvalue weighted by atomic mass is 16.2. The number of nitrogens with one attached hydrogen (secondary N) is 1. The summed E-state index contributed by atoms with van der Waals surface area (Å²) < 4.78 is 1.71. The Hall–Kier alpha value is -2.48. The van der Waals surface area contributed by atoms with Gasteiger partial charge < -0.3 is 10.3 Å². The van der Waals surface area contributed by atoms with Gasteiger partial charge in [0, 0.05) is 12.7 Å². The van der Waals surface area contributed by atoms with Gasteiger partial charge in [-0.2, -0.15) is 0 Å². The van der Waals surface area contributed by atoms with E-state index in [0.717, 1.165) is 6.42 Å². The fourth-order valence-electron chi connectivity index (χ4n) is 2.07. The standard InChI is InChI=1S/C12H16N6O2/c1-3-4-18-5-7(12(20)17-14)9(19)8-10(13)15-6(2)16-11(8)18/h5H,3-4,14H2,1-2H3,(H,17,20)(H2,13,15,16). The molecule has 0 atom stereocenters. The van der Waals surface area contributed by atoms with Crippen LogP contribution in [-0.4, -0.2) is 20.4 Å². The fraction of sp³-hybridized carbons (Fsp3) is 0.333. The van der Waals surface area contributed by atoms with Crippen LogP contribution in [0.1, 0.15) is 29.5 Å². The number of pyridine rings is 1. The molecule has 0 saturated heterocycles.